The molecule has 0 bridgehead atoms. The van der Waals surface area contributed by atoms with Crippen LogP contribution in [0.1, 0.15) is 112 Å². The Morgan fingerprint density at radius 3 is 1.93 bits per heavy atom. The van der Waals surface area contributed by atoms with Gasteiger partial charge in [-0.1, -0.05) is 77.3 Å². The Labute approximate surface area is 171 Å². The molecule has 0 saturated heterocycles. The normalized spacial score (nSPS) is 11.8. The molecule has 0 radical (unpaired) electrons. The molecule has 1 aromatic rings. The van der Waals surface area contributed by atoms with Crippen LogP contribution in [0, 0.1) is 0 Å². The van der Waals surface area contributed by atoms with Crippen molar-refractivity contribution in [3.8, 4) is 0 Å². The summed E-state index contributed by atoms with van der Waals surface area (Å²) in [4.78, 5) is 24.8. The standard InChI is InChI=1S/C24H38O4/c1-4-6-8-9-10-11-12-13-16-20(3)28-24(26)22-18-15-14-17-21(22)23(25)27-19-7-5-2/h14-15,17-18,20H,4-13,16,19H2,1-3H3. The van der Waals surface area contributed by atoms with E-state index < -0.39 is 11.9 Å². The summed E-state index contributed by atoms with van der Waals surface area (Å²) in [5.41, 5.74) is 0.564. The Bertz CT molecular complexity index is 567. The van der Waals surface area contributed by atoms with Crippen LogP contribution in [0.2, 0.25) is 0 Å². The summed E-state index contributed by atoms with van der Waals surface area (Å²) in [6.07, 6.45) is 12.5. The highest BCUT2D eigenvalue weighted by Gasteiger charge is 2.20. The van der Waals surface area contributed by atoms with Crippen LogP contribution in [-0.2, 0) is 9.47 Å². The summed E-state index contributed by atoms with van der Waals surface area (Å²) >= 11 is 0. The average Bonchev–Trinajstić information content (AvgIpc) is 2.70. The minimum Gasteiger partial charge on any atom is -0.462 e. The van der Waals surface area contributed by atoms with E-state index in [1.54, 1.807) is 24.3 Å². The first-order valence-corrected chi connectivity index (χ1v) is 11.1. The largest absolute Gasteiger partial charge is 0.462 e. The molecule has 1 unspecified atom stereocenters. The van der Waals surface area contributed by atoms with Gasteiger partial charge in [0.25, 0.3) is 0 Å². The second-order valence-electron chi connectivity index (χ2n) is 7.51. The molecule has 0 aromatic heterocycles. The molecule has 0 aliphatic heterocycles. The minimum atomic E-state index is -0.461. The van der Waals surface area contributed by atoms with Crippen LogP contribution in [0.4, 0.5) is 0 Å². The number of hydrogen-bond acceptors (Lipinski definition) is 4. The van der Waals surface area contributed by atoms with Crippen molar-refractivity contribution < 1.29 is 19.1 Å². The second kappa shape index (κ2) is 15.1. The molecule has 4 heteroatoms. The van der Waals surface area contributed by atoms with Crippen LogP contribution in [0.15, 0.2) is 24.3 Å². The maximum absolute atomic E-state index is 12.5. The minimum absolute atomic E-state index is 0.156. The quantitative estimate of drug-likeness (QED) is 0.246. The van der Waals surface area contributed by atoms with E-state index in [0.29, 0.717) is 6.61 Å². The lowest BCUT2D eigenvalue weighted by atomic mass is 10.1. The fourth-order valence-electron chi connectivity index (χ4n) is 3.10. The highest BCUT2D eigenvalue weighted by Crippen LogP contribution is 2.16. The first-order valence-electron chi connectivity index (χ1n) is 11.1. The highest BCUT2D eigenvalue weighted by molar-refractivity contribution is 6.03. The molecule has 0 N–H and O–H groups in total. The summed E-state index contributed by atoms with van der Waals surface area (Å²) in [7, 11) is 0. The molecule has 158 valence electrons. The van der Waals surface area contributed by atoms with Crippen molar-refractivity contribution in [2.24, 2.45) is 0 Å². The monoisotopic (exact) mass is 390 g/mol. The Morgan fingerprint density at radius 1 is 0.786 bits per heavy atom. The summed E-state index contributed by atoms with van der Waals surface area (Å²) < 4.78 is 10.8. The first-order chi connectivity index (χ1) is 13.6. The molecule has 1 aromatic carbocycles. The average molecular weight is 391 g/mol. The summed E-state index contributed by atoms with van der Waals surface area (Å²) in [5, 5.41) is 0. The molecule has 0 aliphatic rings. The number of benzene rings is 1. The molecule has 0 spiro atoms. The lowest BCUT2D eigenvalue weighted by Crippen LogP contribution is -2.18. The van der Waals surface area contributed by atoms with Gasteiger partial charge in [-0.2, -0.15) is 0 Å². The third-order valence-corrected chi connectivity index (χ3v) is 4.87. The molecule has 0 saturated carbocycles. The van der Waals surface area contributed by atoms with Crippen molar-refractivity contribution >= 4 is 11.9 Å². The van der Waals surface area contributed by atoms with Crippen LogP contribution < -0.4 is 0 Å². The third-order valence-electron chi connectivity index (χ3n) is 4.87. The SMILES string of the molecule is CCCCCCCCCCC(C)OC(=O)c1ccccc1C(=O)OCCCC. The number of hydrogen-bond donors (Lipinski definition) is 0. The number of ether oxygens (including phenoxy) is 2. The first kappa shape index (κ1) is 24.2. The number of rotatable bonds is 15. The van der Waals surface area contributed by atoms with Crippen molar-refractivity contribution in [3.05, 3.63) is 35.4 Å². The van der Waals surface area contributed by atoms with Crippen molar-refractivity contribution in [1.82, 2.24) is 0 Å². The zero-order valence-corrected chi connectivity index (χ0v) is 18.0. The van der Waals surface area contributed by atoms with E-state index in [-0.39, 0.29) is 17.2 Å². The predicted molar refractivity (Wildman–Crippen MR) is 114 cm³/mol. The molecule has 1 rings (SSSR count). The molecule has 0 heterocycles. The van der Waals surface area contributed by atoms with Gasteiger partial charge >= 0.3 is 11.9 Å². The molecule has 0 fully saturated rings. The molecule has 28 heavy (non-hydrogen) atoms. The van der Waals surface area contributed by atoms with E-state index in [2.05, 4.69) is 6.92 Å². The summed E-state index contributed by atoms with van der Waals surface area (Å²) in [6.45, 7) is 6.55. The Hall–Kier alpha value is -1.84. The van der Waals surface area contributed by atoms with Gasteiger partial charge in [0.2, 0.25) is 0 Å². The van der Waals surface area contributed by atoms with Gasteiger partial charge in [-0.15, -0.1) is 0 Å². The van der Waals surface area contributed by atoms with E-state index in [1.165, 1.54) is 44.9 Å². The molecular weight excluding hydrogens is 352 g/mol. The Balaban J connectivity index is 2.38. The molecule has 4 nitrogen and oxygen atoms in total. The fraction of sp³-hybridized carbons (Fsp3) is 0.667. The van der Waals surface area contributed by atoms with Crippen LogP contribution in [-0.4, -0.2) is 24.6 Å². The van der Waals surface area contributed by atoms with E-state index in [1.807, 2.05) is 13.8 Å². The number of carbonyl (C=O) groups excluding carboxylic acids is 2. The van der Waals surface area contributed by atoms with Gasteiger partial charge in [0.15, 0.2) is 0 Å². The smallest absolute Gasteiger partial charge is 0.339 e. The van der Waals surface area contributed by atoms with Crippen molar-refractivity contribution in [3.63, 3.8) is 0 Å². The fourth-order valence-corrected chi connectivity index (χ4v) is 3.10. The lowest BCUT2D eigenvalue weighted by molar-refractivity contribution is 0.0307. The highest BCUT2D eigenvalue weighted by atomic mass is 16.5. The Kier molecular flexibility index (Phi) is 13.1. The molecule has 1 atom stereocenters. The van der Waals surface area contributed by atoms with Gasteiger partial charge in [0.1, 0.15) is 0 Å². The maximum atomic E-state index is 12.5. The van der Waals surface area contributed by atoms with Gasteiger partial charge < -0.3 is 9.47 Å². The van der Waals surface area contributed by atoms with Crippen LogP contribution >= 0.6 is 0 Å². The second-order valence-corrected chi connectivity index (χ2v) is 7.51. The number of carbonyl (C=O) groups is 2. The predicted octanol–water partition coefficient (Wildman–Crippen LogP) is 6.72. The maximum Gasteiger partial charge on any atom is 0.339 e. The van der Waals surface area contributed by atoms with Gasteiger partial charge in [0.05, 0.1) is 23.8 Å². The molecule has 0 amide bonds. The lowest BCUT2D eigenvalue weighted by Gasteiger charge is -2.15. The summed E-state index contributed by atoms with van der Waals surface area (Å²) in [5.74, 6) is -0.910. The van der Waals surface area contributed by atoms with Gasteiger partial charge in [0, 0.05) is 0 Å². The third kappa shape index (κ3) is 9.91. The van der Waals surface area contributed by atoms with Gasteiger partial charge in [-0.3, -0.25) is 0 Å². The van der Waals surface area contributed by atoms with Gasteiger partial charge in [-0.05, 0) is 38.3 Å². The van der Waals surface area contributed by atoms with E-state index in [4.69, 9.17) is 9.47 Å². The van der Waals surface area contributed by atoms with E-state index in [0.717, 1.165) is 25.7 Å². The van der Waals surface area contributed by atoms with E-state index in [9.17, 15) is 9.59 Å². The molecular formula is C24H38O4. The number of esters is 2. The van der Waals surface area contributed by atoms with E-state index >= 15 is 0 Å². The van der Waals surface area contributed by atoms with Crippen LogP contribution in [0.5, 0.6) is 0 Å². The van der Waals surface area contributed by atoms with Crippen molar-refractivity contribution in [2.75, 3.05) is 6.61 Å². The molecule has 0 aliphatic carbocycles. The zero-order valence-electron chi connectivity index (χ0n) is 18.0. The van der Waals surface area contributed by atoms with Crippen molar-refractivity contribution in [2.45, 2.75) is 97.5 Å². The number of unbranched alkanes of at least 4 members (excludes halogenated alkanes) is 8. The topological polar surface area (TPSA) is 52.6 Å². The van der Waals surface area contributed by atoms with Crippen LogP contribution in [0.25, 0.3) is 0 Å². The summed E-state index contributed by atoms with van der Waals surface area (Å²) in [6, 6.07) is 6.72. The van der Waals surface area contributed by atoms with Crippen molar-refractivity contribution in [1.29, 1.82) is 0 Å². The Morgan fingerprint density at radius 2 is 1.32 bits per heavy atom. The van der Waals surface area contributed by atoms with Crippen LogP contribution in [0.3, 0.4) is 0 Å². The van der Waals surface area contributed by atoms with Gasteiger partial charge in [-0.25, -0.2) is 9.59 Å². The zero-order chi connectivity index (χ0) is 20.6.